The van der Waals surface area contributed by atoms with E-state index in [1.54, 1.807) is 18.7 Å². The Morgan fingerprint density at radius 3 is 2.77 bits per heavy atom. The third-order valence-electron chi connectivity index (χ3n) is 4.29. The molecule has 2 aromatic carbocycles. The van der Waals surface area contributed by atoms with Crippen LogP contribution in [-0.2, 0) is 9.59 Å². The summed E-state index contributed by atoms with van der Waals surface area (Å²) in [5, 5.41) is 2.09. The molecule has 2 aromatic rings. The molecule has 6 heteroatoms. The van der Waals surface area contributed by atoms with Gasteiger partial charge in [-0.3, -0.25) is 14.5 Å². The van der Waals surface area contributed by atoms with Crippen molar-refractivity contribution in [2.24, 2.45) is 0 Å². The Balaban J connectivity index is 1.94. The van der Waals surface area contributed by atoms with E-state index in [2.05, 4.69) is 5.32 Å². The van der Waals surface area contributed by atoms with Crippen LogP contribution >= 0.6 is 23.4 Å². The van der Waals surface area contributed by atoms with Gasteiger partial charge in [0.25, 0.3) is 0 Å². The molecule has 1 saturated heterocycles. The van der Waals surface area contributed by atoms with Crippen LogP contribution in [-0.4, -0.2) is 22.9 Å². The number of amides is 2. The summed E-state index contributed by atoms with van der Waals surface area (Å²) in [6, 6.07) is 13.7. The molecule has 26 heavy (non-hydrogen) atoms. The molecule has 0 bridgehead atoms. The van der Waals surface area contributed by atoms with E-state index in [9.17, 15) is 9.59 Å². The third kappa shape index (κ3) is 3.89. The summed E-state index contributed by atoms with van der Waals surface area (Å²) in [6.07, 6.45) is 0. The first-order valence-electron chi connectivity index (χ1n) is 8.42. The highest BCUT2D eigenvalue weighted by atomic mass is 35.5. The number of aryl methyl sites for hydroxylation is 2. The molecule has 2 amide bonds. The number of carbonyl (C=O) groups is 2. The van der Waals surface area contributed by atoms with Gasteiger partial charge in [-0.05, 0) is 55.7 Å². The minimum Gasteiger partial charge on any atom is -0.325 e. The fourth-order valence-corrected chi connectivity index (χ4v) is 4.14. The van der Waals surface area contributed by atoms with E-state index in [0.717, 1.165) is 22.4 Å². The van der Waals surface area contributed by atoms with Crippen LogP contribution in [0.2, 0.25) is 0 Å². The van der Waals surface area contributed by atoms with Crippen molar-refractivity contribution in [3.05, 3.63) is 59.2 Å². The zero-order valence-corrected chi connectivity index (χ0v) is 16.5. The van der Waals surface area contributed by atoms with Gasteiger partial charge in [-0.1, -0.05) is 24.3 Å². The molecule has 3 rings (SSSR count). The van der Waals surface area contributed by atoms with Gasteiger partial charge in [-0.25, -0.2) is 0 Å². The standard InChI is InChI=1S/C20H21ClN2O2S/c1-12-7-8-13(2)17(9-12)23-18(24)11-26-20(23)15-5-4-6-16(10-15)22-19(25)14(3)21/h4-10,14,20H,11H2,1-3H3,(H,22,25)/t14-,20+/m1/s1. The van der Waals surface area contributed by atoms with Gasteiger partial charge in [-0.2, -0.15) is 0 Å². The number of thioether (sulfide) groups is 1. The normalized spacial score (nSPS) is 18.1. The number of anilines is 2. The van der Waals surface area contributed by atoms with Gasteiger partial charge in [-0.15, -0.1) is 23.4 Å². The van der Waals surface area contributed by atoms with Gasteiger partial charge in [0.05, 0.1) is 5.75 Å². The number of nitrogens with one attached hydrogen (secondary N) is 1. The molecule has 0 aromatic heterocycles. The molecule has 1 aliphatic rings. The lowest BCUT2D eigenvalue weighted by molar-refractivity contribution is -0.116. The zero-order valence-electron chi connectivity index (χ0n) is 15.0. The second kappa shape index (κ2) is 7.72. The highest BCUT2D eigenvalue weighted by molar-refractivity contribution is 8.00. The van der Waals surface area contributed by atoms with Crippen LogP contribution in [0.25, 0.3) is 0 Å². The number of halogens is 1. The summed E-state index contributed by atoms with van der Waals surface area (Å²) >= 11 is 7.42. The van der Waals surface area contributed by atoms with Crippen LogP contribution < -0.4 is 10.2 Å². The number of hydrogen-bond acceptors (Lipinski definition) is 3. The van der Waals surface area contributed by atoms with Crippen LogP contribution in [0.4, 0.5) is 11.4 Å². The van der Waals surface area contributed by atoms with Crippen LogP contribution in [0.3, 0.4) is 0 Å². The Bertz CT molecular complexity index is 853. The van der Waals surface area contributed by atoms with E-state index in [1.807, 2.05) is 61.2 Å². The molecule has 1 fully saturated rings. The molecule has 0 unspecified atom stereocenters. The molecule has 0 aliphatic carbocycles. The number of nitrogens with zero attached hydrogens (tertiary/aromatic N) is 1. The minimum absolute atomic E-state index is 0.0949. The number of carbonyl (C=O) groups excluding carboxylic acids is 2. The van der Waals surface area contributed by atoms with Gasteiger partial charge in [0.15, 0.2) is 0 Å². The van der Waals surface area contributed by atoms with Gasteiger partial charge in [0.2, 0.25) is 11.8 Å². The second-order valence-electron chi connectivity index (χ2n) is 6.45. The maximum absolute atomic E-state index is 12.6. The fraction of sp³-hybridized carbons (Fsp3) is 0.300. The van der Waals surface area contributed by atoms with Crippen LogP contribution in [0.15, 0.2) is 42.5 Å². The Morgan fingerprint density at radius 1 is 1.27 bits per heavy atom. The Kier molecular flexibility index (Phi) is 5.58. The van der Waals surface area contributed by atoms with Crippen LogP contribution in [0.5, 0.6) is 0 Å². The van der Waals surface area contributed by atoms with E-state index in [-0.39, 0.29) is 17.2 Å². The maximum Gasteiger partial charge on any atom is 0.242 e. The van der Waals surface area contributed by atoms with E-state index in [0.29, 0.717) is 11.4 Å². The van der Waals surface area contributed by atoms with Crippen molar-refractivity contribution in [1.82, 2.24) is 0 Å². The lowest BCUT2D eigenvalue weighted by Gasteiger charge is -2.26. The molecule has 0 spiro atoms. The molecule has 1 aliphatic heterocycles. The average Bonchev–Trinajstić information content (AvgIpc) is 2.98. The molecule has 136 valence electrons. The molecular formula is C20H21ClN2O2S. The van der Waals surface area contributed by atoms with Crippen LogP contribution in [0.1, 0.15) is 29.0 Å². The maximum atomic E-state index is 12.6. The summed E-state index contributed by atoms with van der Waals surface area (Å²) in [6.45, 7) is 5.67. The average molecular weight is 389 g/mol. The van der Waals surface area contributed by atoms with Gasteiger partial charge >= 0.3 is 0 Å². The summed E-state index contributed by atoms with van der Waals surface area (Å²) in [5.74, 6) is 0.288. The molecule has 4 nitrogen and oxygen atoms in total. The van der Waals surface area contributed by atoms with Crippen molar-refractivity contribution in [1.29, 1.82) is 0 Å². The lowest BCUT2D eigenvalue weighted by Crippen LogP contribution is -2.28. The molecule has 1 N–H and O–H groups in total. The van der Waals surface area contributed by atoms with E-state index < -0.39 is 5.38 Å². The predicted octanol–water partition coefficient (Wildman–Crippen LogP) is 4.65. The number of hydrogen-bond donors (Lipinski definition) is 1. The van der Waals surface area contributed by atoms with Crippen LogP contribution in [0, 0.1) is 13.8 Å². The topological polar surface area (TPSA) is 49.4 Å². The zero-order chi connectivity index (χ0) is 18.8. The van der Waals surface area contributed by atoms with Crippen molar-refractivity contribution >= 4 is 46.6 Å². The van der Waals surface area contributed by atoms with E-state index in [1.165, 1.54) is 0 Å². The van der Waals surface area contributed by atoms with Crippen molar-refractivity contribution in [3.63, 3.8) is 0 Å². The summed E-state index contributed by atoms with van der Waals surface area (Å²) in [7, 11) is 0. The molecule has 1 heterocycles. The lowest BCUT2D eigenvalue weighted by atomic mass is 10.1. The van der Waals surface area contributed by atoms with E-state index in [4.69, 9.17) is 11.6 Å². The molecule has 0 radical (unpaired) electrons. The van der Waals surface area contributed by atoms with Gasteiger partial charge in [0.1, 0.15) is 10.8 Å². The van der Waals surface area contributed by atoms with Gasteiger partial charge < -0.3 is 5.32 Å². The van der Waals surface area contributed by atoms with Crippen molar-refractivity contribution in [2.75, 3.05) is 16.0 Å². The minimum atomic E-state index is -0.604. The largest absolute Gasteiger partial charge is 0.325 e. The monoisotopic (exact) mass is 388 g/mol. The highest BCUT2D eigenvalue weighted by Gasteiger charge is 2.35. The fourth-order valence-electron chi connectivity index (χ4n) is 2.92. The first-order chi connectivity index (χ1) is 12.4. The highest BCUT2D eigenvalue weighted by Crippen LogP contribution is 2.43. The number of benzene rings is 2. The van der Waals surface area contributed by atoms with E-state index >= 15 is 0 Å². The SMILES string of the molecule is Cc1ccc(C)c(N2C(=O)CS[C@H]2c2cccc(NC(=O)[C@@H](C)Cl)c2)c1. The molecular weight excluding hydrogens is 368 g/mol. The molecule has 2 atom stereocenters. The van der Waals surface area contributed by atoms with Gasteiger partial charge in [0, 0.05) is 11.4 Å². The Morgan fingerprint density at radius 2 is 2.04 bits per heavy atom. The predicted molar refractivity (Wildman–Crippen MR) is 109 cm³/mol. The quantitative estimate of drug-likeness (QED) is 0.775. The number of alkyl halides is 1. The summed E-state index contributed by atoms with van der Waals surface area (Å²) in [4.78, 5) is 26.3. The first-order valence-corrected chi connectivity index (χ1v) is 9.91. The second-order valence-corrected chi connectivity index (χ2v) is 8.17. The Labute approximate surface area is 162 Å². The smallest absolute Gasteiger partial charge is 0.242 e. The molecule has 0 saturated carbocycles. The number of rotatable bonds is 4. The van der Waals surface area contributed by atoms with Crippen molar-refractivity contribution < 1.29 is 9.59 Å². The Hall–Kier alpha value is -1.98. The van der Waals surface area contributed by atoms with Crippen molar-refractivity contribution in [3.8, 4) is 0 Å². The van der Waals surface area contributed by atoms with Crippen molar-refractivity contribution in [2.45, 2.75) is 31.5 Å². The summed E-state index contributed by atoms with van der Waals surface area (Å²) < 4.78 is 0. The third-order valence-corrected chi connectivity index (χ3v) is 5.70. The summed E-state index contributed by atoms with van der Waals surface area (Å²) in [5.41, 5.74) is 4.78. The first kappa shape index (κ1) is 18.8.